The van der Waals surface area contributed by atoms with E-state index < -0.39 is 0 Å². The van der Waals surface area contributed by atoms with Gasteiger partial charge in [0.25, 0.3) is 0 Å². The second-order valence-corrected chi connectivity index (χ2v) is 6.47. The van der Waals surface area contributed by atoms with E-state index in [4.69, 9.17) is 0 Å². The molecule has 3 heteroatoms. The molecule has 21 heavy (non-hydrogen) atoms. The van der Waals surface area contributed by atoms with Crippen LogP contribution in [0.25, 0.3) is 10.2 Å². The zero-order valence-corrected chi connectivity index (χ0v) is 13.0. The Morgan fingerprint density at radius 2 is 1.95 bits per heavy atom. The van der Waals surface area contributed by atoms with Crippen molar-refractivity contribution in [1.82, 2.24) is 4.98 Å². The third kappa shape index (κ3) is 3.03. The molecule has 0 aliphatic rings. The predicted molar refractivity (Wildman–Crippen MR) is 88.2 cm³/mol. The first-order chi connectivity index (χ1) is 10.1. The van der Waals surface area contributed by atoms with Crippen LogP contribution in [0.1, 0.15) is 41.3 Å². The van der Waals surface area contributed by atoms with E-state index in [1.807, 2.05) is 29.6 Å². The Kier molecular flexibility index (Phi) is 3.84. The monoisotopic (exact) mass is 295 g/mol. The minimum atomic E-state index is 0.120. The van der Waals surface area contributed by atoms with Crippen LogP contribution in [0.4, 0.5) is 0 Å². The first kappa shape index (κ1) is 14.0. The molecule has 2 heterocycles. The Balaban J connectivity index is 1.78. The van der Waals surface area contributed by atoms with Gasteiger partial charge in [-0.15, -0.1) is 11.3 Å². The number of benzene rings is 1. The summed E-state index contributed by atoms with van der Waals surface area (Å²) in [5, 5.41) is 2.00. The molecule has 0 amide bonds. The number of pyridine rings is 1. The van der Waals surface area contributed by atoms with Crippen molar-refractivity contribution >= 4 is 27.3 Å². The van der Waals surface area contributed by atoms with Gasteiger partial charge in [-0.25, -0.2) is 0 Å². The van der Waals surface area contributed by atoms with Gasteiger partial charge in [-0.05, 0) is 34.6 Å². The molecule has 0 bridgehead atoms. The van der Waals surface area contributed by atoms with Crippen LogP contribution in [0.5, 0.6) is 0 Å². The maximum absolute atomic E-state index is 12.4. The van der Waals surface area contributed by atoms with Crippen LogP contribution in [0.3, 0.4) is 0 Å². The van der Waals surface area contributed by atoms with Crippen LogP contribution in [0.2, 0.25) is 0 Å². The first-order valence-corrected chi connectivity index (χ1v) is 7.97. The minimum Gasteiger partial charge on any atom is -0.294 e. The summed E-state index contributed by atoms with van der Waals surface area (Å²) >= 11 is 1.62. The average Bonchev–Trinajstić information content (AvgIpc) is 2.95. The maximum Gasteiger partial charge on any atom is 0.168 e. The lowest BCUT2D eigenvalue weighted by Gasteiger charge is -2.06. The molecular formula is C18H17NOS. The number of fused-ring (bicyclic) bond motifs is 1. The fraction of sp³-hybridized carbons (Fsp3) is 0.222. The Hall–Kier alpha value is -2.00. The Morgan fingerprint density at radius 3 is 2.67 bits per heavy atom. The standard InChI is InChI=1S/C18H17NOS/c1-12(2)14-5-3-13(4-6-14)9-17(20)15-10-18-16(19-11-15)7-8-21-18/h3-8,10-12H,9H2,1-2H3. The zero-order chi connectivity index (χ0) is 14.8. The number of ketones is 1. The van der Waals surface area contributed by atoms with Gasteiger partial charge < -0.3 is 0 Å². The molecule has 3 aromatic rings. The molecule has 0 aliphatic heterocycles. The lowest BCUT2D eigenvalue weighted by atomic mass is 9.99. The highest BCUT2D eigenvalue weighted by atomic mass is 32.1. The van der Waals surface area contributed by atoms with Crippen LogP contribution in [0, 0.1) is 0 Å². The molecule has 106 valence electrons. The van der Waals surface area contributed by atoms with E-state index in [-0.39, 0.29) is 5.78 Å². The summed E-state index contributed by atoms with van der Waals surface area (Å²) in [6.45, 7) is 4.34. The van der Waals surface area contributed by atoms with Crippen molar-refractivity contribution in [1.29, 1.82) is 0 Å². The number of aromatic nitrogens is 1. The van der Waals surface area contributed by atoms with Gasteiger partial charge in [0.2, 0.25) is 0 Å². The molecule has 0 aliphatic carbocycles. The Labute approximate surface area is 128 Å². The van der Waals surface area contributed by atoms with Crippen LogP contribution >= 0.6 is 11.3 Å². The second kappa shape index (κ2) is 5.78. The number of thiophene rings is 1. The average molecular weight is 295 g/mol. The van der Waals surface area contributed by atoms with E-state index in [1.165, 1.54) is 5.56 Å². The SMILES string of the molecule is CC(C)c1ccc(CC(=O)c2cnc3ccsc3c2)cc1. The van der Waals surface area contributed by atoms with E-state index >= 15 is 0 Å². The molecule has 0 N–H and O–H groups in total. The summed E-state index contributed by atoms with van der Waals surface area (Å²) in [5.41, 5.74) is 4.00. The minimum absolute atomic E-state index is 0.120. The van der Waals surface area contributed by atoms with Gasteiger partial charge in [-0.1, -0.05) is 38.1 Å². The summed E-state index contributed by atoms with van der Waals surface area (Å²) in [7, 11) is 0. The summed E-state index contributed by atoms with van der Waals surface area (Å²) in [4.78, 5) is 16.7. The third-order valence-electron chi connectivity index (χ3n) is 3.64. The van der Waals surface area contributed by atoms with Crippen molar-refractivity contribution < 1.29 is 4.79 Å². The highest BCUT2D eigenvalue weighted by molar-refractivity contribution is 7.17. The lowest BCUT2D eigenvalue weighted by molar-refractivity contribution is 0.0993. The van der Waals surface area contributed by atoms with E-state index in [0.29, 0.717) is 17.9 Å². The van der Waals surface area contributed by atoms with E-state index in [2.05, 4.69) is 31.0 Å². The normalized spacial score (nSPS) is 11.2. The van der Waals surface area contributed by atoms with Crippen molar-refractivity contribution in [2.45, 2.75) is 26.2 Å². The topological polar surface area (TPSA) is 30.0 Å². The number of carbonyl (C=O) groups is 1. The fourth-order valence-electron chi connectivity index (χ4n) is 2.31. The molecule has 2 aromatic heterocycles. The van der Waals surface area contributed by atoms with Crippen molar-refractivity contribution in [3.63, 3.8) is 0 Å². The summed E-state index contributed by atoms with van der Waals surface area (Å²) in [6, 6.07) is 12.2. The molecule has 3 rings (SSSR count). The van der Waals surface area contributed by atoms with E-state index in [0.717, 1.165) is 15.8 Å². The molecular weight excluding hydrogens is 278 g/mol. The van der Waals surface area contributed by atoms with Crippen molar-refractivity contribution in [2.24, 2.45) is 0 Å². The van der Waals surface area contributed by atoms with Gasteiger partial charge >= 0.3 is 0 Å². The molecule has 0 fully saturated rings. The summed E-state index contributed by atoms with van der Waals surface area (Å²) in [5.74, 6) is 0.635. The van der Waals surface area contributed by atoms with Crippen LogP contribution in [0.15, 0.2) is 48.0 Å². The van der Waals surface area contributed by atoms with Gasteiger partial charge in [0.15, 0.2) is 5.78 Å². The Bertz CT molecular complexity index is 771. The van der Waals surface area contributed by atoms with Gasteiger partial charge in [0.05, 0.1) is 10.2 Å². The van der Waals surface area contributed by atoms with Gasteiger partial charge in [0, 0.05) is 18.2 Å². The smallest absolute Gasteiger partial charge is 0.168 e. The summed E-state index contributed by atoms with van der Waals surface area (Å²) < 4.78 is 1.07. The third-order valence-corrected chi connectivity index (χ3v) is 4.49. The fourth-order valence-corrected chi connectivity index (χ4v) is 3.09. The zero-order valence-electron chi connectivity index (χ0n) is 12.2. The molecule has 0 saturated heterocycles. The molecule has 1 aromatic carbocycles. The van der Waals surface area contributed by atoms with Crippen LogP contribution in [-0.4, -0.2) is 10.8 Å². The largest absolute Gasteiger partial charge is 0.294 e. The maximum atomic E-state index is 12.4. The number of Topliss-reactive ketones (excluding diaryl/α,β-unsaturated/α-hetero) is 1. The number of hydrogen-bond donors (Lipinski definition) is 0. The Morgan fingerprint density at radius 1 is 1.19 bits per heavy atom. The van der Waals surface area contributed by atoms with Gasteiger partial charge in [0.1, 0.15) is 0 Å². The van der Waals surface area contributed by atoms with Crippen molar-refractivity contribution in [3.8, 4) is 0 Å². The highest BCUT2D eigenvalue weighted by Gasteiger charge is 2.09. The van der Waals surface area contributed by atoms with E-state index in [9.17, 15) is 4.79 Å². The predicted octanol–water partition coefficient (Wildman–Crippen LogP) is 4.85. The van der Waals surface area contributed by atoms with E-state index in [1.54, 1.807) is 17.5 Å². The molecule has 0 unspecified atom stereocenters. The number of rotatable bonds is 4. The quantitative estimate of drug-likeness (QED) is 0.644. The second-order valence-electron chi connectivity index (χ2n) is 5.52. The molecule has 0 spiro atoms. The number of hydrogen-bond acceptors (Lipinski definition) is 3. The van der Waals surface area contributed by atoms with Crippen LogP contribution < -0.4 is 0 Å². The molecule has 0 radical (unpaired) electrons. The first-order valence-electron chi connectivity index (χ1n) is 7.09. The molecule has 0 atom stereocenters. The molecule has 2 nitrogen and oxygen atoms in total. The number of nitrogens with zero attached hydrogens (tertiary/aromatic N) is 1. The van der Waals surface area contributed by atoms with Gasteiger partial charge in [-0.3, -0.25) is 9.78 Å². The van der Waals surface area contributed by atoms with Crippen molar-refractivity contribution in [3.05, 3.63) is 64.7 Å². The summed E-state index contributed by atoms with van der Waals surface area (Å²) in [6.07, 6.45) is 2.11. The number of carbonyl (C=O) groups excluding carboxylic acids is 1. The lowest BCUT2D eigenvalue weighted by Crippen LogP contribution is -2.04. The van der Waals surface area contributed by atoms with Crippen molar-refractivity contribution in [2.75, 3.05) is 0 Å². The van der Waals surface area contributed by atoms with Crippen LogP contribution in [-0.2, 0) is 6.42 Å². The van der Waals surface area contributed by atoms with Gasteiger partial charge in [-0.2, -0.15) is 0 Å². The highest BCUT2D eigenvalue weighted by Crippen LogP contribution is 2.21. The molecule has 0 saturated carbocycles.